The summed E-state index contributed by atoms with van der Waals surface area (Å²) in [5.74, 6) is 0. The zero-order chi connectivity index (χ0) is 12.1. The van der Waals surface area contributed by atoms with Crippen LogP contribution in [0.2, 0.25) is 0 Å². The Morgan fingerprint density at radius 1 is 1.00 bits per heavy atom. The summed E-state index contributed by atoms with van der Waals surface area (Å²) in [6, 6.07) is 0. The smallest absolute Gasteiger partial charge is 0.151 e. The molecule has 2 nitrogen and oxygen atoms in total. The molecule has 2 N–H and O–H groups in total. The average molecular weight is 252 g/mol. The van der Waals surface area contributed by atoms with Crippen LogP contribution in [0.4, 0.5) is 0 Å². The van der Waals surface area contributed by atoms with Gasteiger partial charge in [0.05, 0.1) is 0 Å². The van der Waals surface area contributed by atoms with Gasteiger partial charge in [-0.2, -0.15) is 25.3 Å². The van der Waals surface area contributed by atoms with Gasteiger partial charge in [-0.1, -0.05) is 27.2 Å². The fraction of sp³-hybridized carbons (Fsp3) is 1.00. The van der Waals surface area contributed by atoms with Gasteiger partial charge in [-0.05, 0) is 24.7 Å². The van der Waals surface area contributed by atoms with Gasteiger partial charge in [0.2, 0.25) is 0 Å². The summed E-state index contributed by atoms with van der Waals surface area (Å²) in [5.41, 5.74) is 0.0110. The van der Waals surface area contributed by atoms with Crippen LogP contribution in [0, 0.1) is 5.41 Å². The number of aliphatic hydroxyl groups is 2. The summed E-state index contributed by atoms with van der Waals surface area (Å²) < 4.78 is 0. The fourth-order valence-corrected chi connectivity index (χ4v) is 2.43. The predicted octanol–water partition coefficient (Wildman–Crippen LogP) is 2.50. The molecule has 4 heteroatoms. The number of hydrogen-bond donors (Lipinski definition) is 4. The first-order valence-electron chi connectivity index (χ1n) is 5.54. The molecule has 0 saturated carbocycles. The second-order valence-corrected chi connectivity index (χ2v) is 5.95. The lowest BCUT2D eigenvalue weighted by Gasteiger charge is -2.36. The Bertz CT molecular complexity index is 172. The molecule has 0 aliphatic carbocycles. The first-order valence-corrected chi connectivity index (χ1v) is 6.57. The second-order valence-electron chi connectivity index (χ2n) is 4.70. The van der Waals surface area contributed by atoms with E-state index in [1.807, 2.05) is 0 Å². The van der Waals surface area contributed by atoms with Gasteiger partial charge in [-0.25, -0.2) is 0 Å². The Morgan fingerprint density at radius 3 is 1.87 bits per heavy atom. The number of aliphatic hydroxyl groups excluding tert-OH is 1. The molecule has 0 aliphatic heterocycles. The first kappa shape index (κ1) is 15.6. The van der Waals surface area contributed by atoms with Gasteiger partial charge >= 0.3 is 0 Å². The SMILES string of the molecule is CCCC(S)C(C)(C)C(S)CCC(O)O. The summed E-state index contributed by atoms with van der Waals surface area (Å²) in [6.07, 6.45) is 2.04. The molecule has 2 atom stereocenters. The average Bonchev–Trinajstić information content (AvgIpc) is 2.14. The zero-order valence-electron chi connectivity index (χ0n) is 9.85. The standard InChI is InChI=1S/C11H24O2S2/c1-4-5-8(14)11(2,3)9(15)6-7-10(12)13/h8-10,12-15H,4-7H2,1-3H3. The van der Waals surface area contributed by atoms with Crippen molar-refractivity contribution in [3.05, 3.63) is 0 Å². The van der Waals surface area contributed by atoms with E-state index in [1.54, 1.807) is 0 Å². The molecule has 0 heterocycles. The van der Waals surface area contributed by atoms with Gasteiger partial charge in [-0.3, -0.25) is 0 Å². The number of thiol groups is 2. The number of hydrogen-bond acceptors (Lipinski definition) is 4. The van der Waals surface area contributed by atoms with E-state index in [-0.39, 0.29) is 10.7 Å². The Balaban J connectivity index is 4.17. The van der Waals surface area contributed by atoms with Crippen LogP contribution in [0.25, 0.3) is 0 Å². The molecular weight excluding hydrogens is 228 g/mol. The van der Waals surface area contributed by atoms with Gasteiger partial charge in [0.15, 0.2) is 6.29 Å². The molecule has 0 aromatic heterocycles. The maximum Gasteiger partial charge on any atom is 0.151 e. The van der Waals surface area contributed by atoms with Crippen molar-refractivity contribution < 1.29 is 10.2 Å². The molecule has 0 spiro atoms. The Labute approximate surface area is 104 Å². The summed E-state index contributed by atoms with van der Waals surface area (Å²) in [5, 5.41) is 18.1. The maximum atomic E-state index is 8.81. The van der Waals surface area contributed by atoms with Crippen molar-refractivity contribution in [1.82, 2.24) is 0 Å². The molecule has 15 heavy (non-hydrogen) atoms. The van der Waals surface area contributed by atoms with Crippen molar-refractivity contribution in [2.45, 2.75) is 63.2 Å². The third-order valence-electron chi connectivity index (χ3n) is 2.98. The zero-order valence-corrected chi connectivity index (χ0v) is 11.6. The molecule has 0 aliphatic rings. The highest BCUT2D eigenvalue weighted by Crippen LogP contribution is 2.37. The van der Waals surface area contributed by atoms with Crippen molar-refractivity contribution >= 4 is 25.3 Å². The molecule has 0 saturated heterocycles. The number of rotatable bonds is 7. The van der Waals surface area contributed by atoms with Crippen LogP contribution in [0.3, 0.4) is 0 Å². The van der Waals surface area contributed by atoms with Crippen molar-refractivity contribution in [3.8, 4) is 0 Å². The van der Waals surface area contributed by atoms with Crippen LogP contribution in [0.5, 0.6) is 0 Å². The van der Waals surface area contributed by atoms with Crippen LogP contribution >= 0.6 is 25.3 Å². The van der Waals surface area contributed by atoms with Gasteiger partial charge in [0.25, 0.3) is 0 Å². The molecule has 0 aromatic rings. The quantitative estimate of drug-likeness (QED) is 0.415. The highest BCUT2D eigenvalue weighted by molar-refractivity contribution is 7.82. The largest absolute Gasteiger partial charge is 0.368 e. The van der Waals surface area contributed by atoms with Gasteiger partial charge < -0.3 is 10.2 Å². The highest BCUT2D eigenvalue weighted by atomic mass is 32.1. The van der Waals surface area contributed by atoms with E-state index in [0.29, 0.717) is 18.1 Å². The van der Waals surface area contributed by atoms with Gasteiger partial charge in [-0.15, -0.1) is 0 Å². The van der Waals surface area contributed by atoms with Crippen LogP contribution in [-0.4, -0.2) is 27.0 Å². The summed E-state index contributed by atoms with van der Waals surface area (Å²) in [6.45, 7) is 6.42. The van der Waals surface area contributed by atoms with E-state index in [4.69, 9.17) is 10.2 Å². The maximum absolute atomic E-state index is 8.81. The van der Waals surface area contributed by atoms with E-state index in [0.717, 1.165) is 12.8 Å². The predicted molar refractivity (Wildman–Crippen MR) is 71.7 cm³/mol. The van der Waals surface area contributed by atoms with E-state index in [9.17, 15) is 0 Å². The van der Waals surface area contributed by atoms with Crippen LogP contribution in [0.15, 0.2) is 0 Å². The lowest BCUT2D eigenvalue weighted by atomic mass is 9.81. The van der Waals surface area contributed by atoms with Crippen LogP contribution in [0.1, 0.15) is 46.5 Å². The van der Waals surface area contributed by atoms with E-state index < -0.39 is 6.29 Å². The fourth-order valence-electron chi connectivity index (χ4n) is 1.55. The summed E-state index contributed by atoms with van der Waals surface area (Å²) in [4.78, 5) is 0. The monoisotopic (exact) mass is 252 g/mol. The highest BCUT2D eigenvalue weighted by Gasteiger charge is 2.32. The van der Waals surface area contributed by atoms with Crippen molar-refractivity contribution in [1.29, 1.82) is 0 Å². The molecular formula is C11H24O2S2. The topological polar surface area (TPSA) is 40.5 Å². The minimum atomic E-state index is -1.22. The normalized spacial score (nSPS) is 16.8. The van der Waals surface area contributed by atoms with E-state index in [1.165, 1.54) is 0 Å². The Morgan fingerprint density at radius 2 is 1.47 bits per heavy atom. The van der Waals surface area contributed by atoms with E-state index in [2.05, 4.69) is 46.0 Å². The molecule has 0 fully saturated rings. The van der Waals surface area contributed by atoms with E-state index >= 15 is 0 Å². The molecule has 2 unspecified atom stereocenters. The first-order chi connectivity index (χ1) is 6.82. The van der Waals surface area contributed by atoms with Gasteiger partial charge in [0.1, 0.15) is 0 Å². The lowest BCUT2D eigenvalue weighted by molar-refractivity contribution is -0.0474. The summed E-state index contributed by atoms with van der Waals surface area (Å²) in [7, 11) is 0. The van der Waals surface area contributed by atoms with Crippen LogP contribution in [-0.2, 0) is 0 Å². The molecule has 0 amide bonds. The molecule has 0 bridgehead atoms. The van der Waals surface area contributed by atoms with Gasteiger partial charge in [0, 0.05) is 10.5 Å². The molecule has 0 aromatic carbocycles. The van der Waals surface area contributed by atoms with Crippen molar-refractivity contribution in [2.24, 2.45) is 5.41 Å². The Hall–Kier alpha value is 0.620. The van der Waals surface area contributed by atoms with Crippen molar-refractivity contribution in [2.75, 3.05) is 0 Å². The van der Waals surface area contributed by atoms with Crippen LogP contribution < -0.4 is 0 Å². The molecule has 92 valence electrons. The lowest BCUT2D eigenvalue weighted by Crippen LogP contribution is -2.35. The summed E-state index contributed by atoms with van der Waals surface area (Å²) >= 11 is 9.15. The Kier molecular flexibility index (Phi) is 7.34. The molecule has 0 rings (SSSR count). The molecule has 0 radical (unpaired) electrons. The van der Waals surface area contributed by atoms with Crippen molar-refractivity contribution in [3.63, 3.8) is 0 Å². The third kappa shape index (κ3) is 5.48. The minimum Gasteiger partial charge on any atom is -0.368 e. The third-order valence-corrected chi connectivity index (χ3v) is 4.83. The minimum absolute atomic E-state index is 0.0110. The second kappa shape index (κ2) is 7.05.